The number of amides is 1. The molecule has 0 saturated carbocycles. The van der Waals surface area contributed by atoms with Crippen molar-refractivity contribution in [3.8, 4) is 0 Å². The molecule has 0 fully saturated rings. The Balaban J connectivity index is 2.02. The first-order valence-corrected chi connectivity index (χ1v) is 7.31. The zero-order chi connectivity index (χ0) is 17.0. The highest BCUT2D eigenvalue weighted by atomic mass is 19.4. The monoisotopic (exact) mass is 321 g/mol. The van der Waals surface area contributed by atoms with E-state index in [0.29, 0.717) is 17.0 Å². The zero-order valence-electron chi connectivity index (χ0n) is 12.9. The lowest BCUT2D eigenvalue weighted by molar-refractivity contribution is -0.137. The van der Waals surface area contributed by atoms with Gasteiger partial charge in [-0.15, -0.1) is 0 Å². The number of halogens is 3. The number of alkyl halides is 3. The molecule has 0 aliphatic heterocycles. The minimum Gasteiger partial charge on any atom is -0.348 e. The molecule has 0 spiro atoms. The number of carbonyl (C=O) groups is 1. The lowest BCUT2D eigenvalue weighted by Gasteiger charge is -2.10. The van der Waals surface area contributed by atoms with Gasteiger partial charge in [-0.25, -0.2) is 0 Å². The Morgan fingerprint density at radius 2 is 1.74 bits per heavy atom. The van der Waals surface area contributed by atoms with Crippen molar-refractivity contribution in [3.05, 3.63) is 70.8 Å². The van der Waals surface area contributed by atoms with E-state index >= 15 is 0 Å². The van der Waals surface area contributed by atoms with Gasteiger partial charge in [-0.05, 0) is 41.3 Å². The summed E-state index contributed by atoms with van der Waals surface area (Å²) in [4.78, 5) is 12.0. The zero-order valence-corrected chi connectivity index (χ0v) is 12.9. The highest BCUT2D eigenvalue weighted by molar-refractivity contribution is 5.94. The van der Waals surface area contributed by atoms with Crippen LogP contribution in [-0.2, 0) is 12.7 Å². The Hall–Kier alpha value is -2.30. The molecule has 2 rings (SSSR count). The van der Waals surface area contributed by atoms with Crippen LogP contribution in [-0.4, -0.2) is 5.91 Å². The van der Waals surface area contributed by atoms with Crippen LogP contribution in [0.15, 0.2) is 48.5 Å². The first kappa shape index (κ1) is 17.1. The maximum atomic E-state index is 12.6. The topological polar surface area (TPSA) is 29.1 Å². The summed E-state index contributed by atoms with van der Waals surface area (Å²) in [6.45, 7) is 4.17. The van der Waals surface area contributed by atoms with E-state index in [-0.39, 0.29) is 12.5 Å². The van der Waals surface area contributed by atoms with Crippen molar-refractivity contribution in [1.82, 2.24) is 5.32 Å². The van der Waals surface area contributed by atoms with Gasteiger partial charge in [0.2, 0.25) is 0 Å². The van der Waals surface area contributed by atoms with Crippen molar-refractivity contribution >= 4 is 5.91 Å². The van der Waals surface area contributed by atoms with Crippen LogP contribution in [0.4, 0.5) is 13.2 Å². The van der Waals surface area contributed by atoms with E-state index in [0.717, 1.165) is 17.7 Å². The second kappa shape index (κ2) is 6.86. The summed E-state index contributed by atoms with van der Waals surface area (Å²) >= 11 is 0. The molecule has 0 atom stereocenters. The maximum Gasteiger partial charge on any atom is 0.416 e. The molecule has 0 radical (unpaired) electrons. The molecule has 0 aliphatic rings. The largest absolute Gasteiger partial charge is 0.416 e. The maximum absolute atomic E-state index is 12.6. The van der Waals surface area contributed by atoms with Crippen molar-refractivity contribution in [3.63, 3.8) is 0 Å². The van der Waals surface area contributed by atoms with Crippen LogP contribution >= 0.6 is 0 Å². The van der Waals surface area contributed by atoms with Crippen LogP contribution in [0.5, 0.6) is 0 Å². The summed E-state index contributed by atoms with van der Waals surface area (Å²) in [5.41, 5.74) is 1.30. The average Bonchev–Trinajstić information content (AvgIpc) is 2.52. The second-order valence-corrected chi connectivity index (χ2v) is 5.66. The highest BCUT2D eigenvalue weighted by Crippen LogP contribution is 2.29. The Kier molecular flexibility index (Phi) is 5.08. The van der Waals surface area contributed by atoms with Crippen LogP contribution in [0.1, 0.15) is 46.8 Å². The van der Waals surface area contributed by atoms with Gasteiger partial charge < -0.3 is 5.32 Å². The van der Waals surface area contributed by atoms with Gasteiger partial charge in [-0.3, -0.25) is 4.79 Å². The van der Waals surface area contributed by atoms with Gasteiger partial charge in [0.05, 0.1) is 5.56 Å². The quantitative estimate of drug-likeness (QED) is 0.864. The third kappa shape index (κ3) is 4.58. The van der Waals surface area contributed by atoms with Crippen molar-refractivity contribution in [2.24, 2.45) is 0 Å². The predicted molar refractivity (Wildman–Crippen MR) is 83.1 cm³/mol. The number of hydrogen-bond donors (Lipinski definition) is 1. The first-order valence-electron chi connectivity index (χ1n) is 7.31. The second-order valence-electron chi connectivity index (χ2n) is 5.66. The molecule has 2 aromatic carbocycles. The van der Waals surface area contributed by atoms with Gasteiger partial charge in [-0.1, -0.05) is 38.1 Å². The van der Waals surface area contributed by atoms with Crippen LogP contribution in [0, 0.1) is 0 Å². The Morgan fingerprint density at radius 1 is 1.09 bits per heavy atom. The molecule has 0 aromatic heterocycles. The number of carbonyl (C=O) groups excluding carboxylic acids is 1. The third-order valence-corrected chi connectivity index (χ3v) is 3.55. The van der Waals surface area contributed by atoms with Gasteiger partial charge in [0.1, 0.15) is 0 Å². The minimum absolute atomic E-state index is 0.0503. The fourth-order valence-electron chi connectivity index (χ4n) is 2.16. The van der Waals surface area contributed by atoms with Crippen molar-refractivity contribution in [1.29, 1.82) is 0 Å². The molecular weight excluding hydrogens is 303 g/mol. The molecule has 0 bridgehead atoms. The molecule has 0 unspecified atom stereocenters. The summed E-state index contributed by atoms with van der Waals surface area (Å²) in [6.07, 6.45) is -4.38. The summed E-state index contributed by atoms with van der Waals surface area (Å²) in [7, 11) is 0. The van der Waals surface area contributed by atoms with E-state index in [1.165, 1.54) is 6.07 Å². The van der Waals surface area contributed by atoms with Crippen molar-refractivity contribution < 1.29 is 18.0 Å². The molecule has 1 amide bonds. The Bertz CT molecular complexity index is 675. The molecule has 2 nitrogen and oxygen atoms in total. The predicted octanol–water partition coefficient (Wildman–Crippen LogP) is 4.76. The standard InChI is InChI=1S/C18H18F3NO/c1-12(2)14-6-8-15(9-7-14)17(23)22-11-13-4-3-5-16(10-13)18(19,20)21/h3-10,12H,11H2,1-2H3,(H,22,23). The van der Waals surface area contributed by atoms with Crippen LogP contribution in [0.2, 0.25) is 0 Å². The van der Waals surface area contributed by atoms with Crippen molar-refractivity contribution in [2.45, 2.75) is 32.5 Å². The van der Waals surface area contributed by atoms with Crippen LogP contribution in [0.25, 0.3) is 0 Å². The normalized spacial score (nSPS) is 11.6. The van der Waals surface area contributed by atoms with Gasteiger partial charge in [0, 0.05) is 12.1 Å². The smallest absolute Gasteiger partial charge is 0.348 e. The molecule has 0 heterocycles. The Morgan fingerprint density at radius 3 is 2.30 bits per heavy atom. The summed E-state index contributed by atoms with van der Waals surface area (Å²) in [6, 6.07) is 12.1. The lowest BCUT2D eigenvalue weighted by Crippen LogP contribution is -2.23. The van der Waals surface area contributed by atoms with Crippen molar-refractivity contribution in [2.75, 3.05) is 0 Å². The summed E-state index contributed by atoms with van der Waals surface area (Å²) < 4.78 is 37.9. The van der Waals surface area contributed by atoms with Gasteiger partial charge >= 0.3 is 6.18 Å². The fraction of sp³-hybridized carbons (Fsp3) is 0.278. The van der Waals surface area contributed by atoms with Gasteiger partial charge in [0.25, 0.3) is 5.91 Å². The van der Waals surface area contributed by atoms with E-state index in [2.05, 4.69) is 19.2 Å². The molecular formula is C18H18F3NO. The molecule has 5 heteroatoms. The van der Waals surface area contributed by atoms with E-state index < -0.39 is 11.7 Å². The SMILES string of the molecule is CC(C)c1ccc(C(=O)NCc2cccc(C(F)(F)F)c2)cc1. The average molecular weight is 321 g/mol. The number of benzene rings is 2. The highest BCUT2D eigenvalue weighted by Gasteiger charge is 2.30. The fourth-order valence-corrected chi connectivity index (χ4v) is 2.16. The molecule has 2 aromatic rings. The van der Waals surface area contributed by atoms with Gasteiger partial charge in [-0.2, -0.15) is 13.2 Å². The minimum atomic E-state index is -4.38. The molecule has 1 N–H and O–H groups in total. The van der Waals surface area contributed by atoms with E-state index in [1.807, 2.05) is 12.1 Å². The van der Waals surface area contributed by atoms with E-state index in [1.54, 1.807) is 18.2 Å². The lowest BCUT2D eigenvalue weighted by atomic mass is 10.0. The number of rotatable bonds is 4. The van der Waals surface area contributed by atoms with Crippen LogP contribution in [0.3, 0.4) is 0 Å². The number of nitrogens with one attached hydrogen (secondary N) is 1. The molecule has 0 aliphatic carbocycles. The molecule has 122 valence electrons. The third-order valence-electron chi connectivity index (χ3n) is 3.55. The van der Waals surface area contributed by atoms with Crippen LogP contribution < -0.4 is 5.32 Å². The molecule has 23 heavy (non-hydrogen) atoms. The van der Waals surface area contributed by atoms with Gasteiger partial charge in [0.15, 0.2) is 0 Å². The summed E-state index contributed by atoms with van der Waals surface area (Å²) in [5.74, 6) is 0.0648. The summed E-state index contributed by atoms with van der Waals surface area (Å²) in [5, 5.41) is 2.64. The van der Waals surface area contributed by atoms with E-state index in [9.17, 15) is 18.0 Å². The Labute approximate surface area is 133 Å². The molecule has 0 saturated heterocycles. The van der Waals surface area contributed by atoms with E-state index in [4.69, 9.17) is 0 Å². The first-order chi connectivity index (χ1) is 10.8. The number of hydrogen-bond acceptors (Lipinski definition) is 1.